The molecule has 0 fully saturated rings. The first-order chi connectivity index (χ1) is 15.1. The van der Waals surface area contributed by atoms with Crippen LogP contribution in [-0.4, -0.2) is 16.5 Å². The summed E-state index contributed by atoms with van der Waals surface area (Å²) in [6.45, 7) is 2.77. The van der Waals surface area contributed by atoms with E-state index in [9.17, 15) is 0 Å². The highest BCUT2D eigenvalue weighted by Crippen LogP contribution is 2.36. The minimum absolute atomic E-state index is 0.129. The van der Waals surface area contributed by atoms with Crippen LogP contribution in [0, 0.1) is 0 Å². The number of fused-ring (bicyclic) bond motifs is 2. The van der Waals surface area contributed by atoms with Crippen LogP contribution in [0.1, 0.15) is 30.5 Å². The molecule has 4 aromatic rings. The van der Waals surface area contributed by atoms with Crippen LogP contribution in [-0.2, 0) is 0 Å². The molecule has 1 unspecified atom stereocenters. The number of nitrogens with zero attached hydrogens (tertiary/aromatic N) is 1. The Morgan fingerprint density at radius 2 is 1.94 bits per heavy atom. The summed E-state index contributed by atoms with van der Waals surface area (Å²) in [5, 5.41) is 9.06. The van der Waals surface area contributed by atoms with Crippen LogP contribution in [0.2, 0.25) is 5.02 Å². The highest BCUT2D eigenvalue weighted by atomic mass is 35.5. The van der Waals surface area contributed by atoms with Gasteiger partial charge in [0.05, 0.1) is 11.7 Å². The first kappa shape index (κ1) is 19.5. The van der Waals surface area contributed by atoms with Gasteiger partial charge in [-0.05, 0) is 72.5 Å². The Labute approximate surface area is 186 Å². The molecule has 0 bridgehead atoms. The van der Waals surface area contributed by atoms with E-state index in [0.29, 0.717) is 0 Å². The summed E-state index contributed by atoms with van der Waals surface area (Å²) >= 11 is 6.08. The van der Waals surface area contributed by atoms with Crippen molar-refractivity contribution in [3.63, 3.8) is 0 Å². The highest BCUT2D eigenvalue weighted by Gasteiger charge is 2.23. The Kier molecular flexibility index (Phi) is 5.04. The van der Waals surface area contributed by atoms with E-state index in [2.05, 4.69) is 50.9 Å². The molecule has 3 heterocycles. The summed E-state index contributed by atoms with van der Waals surface area (Å²) in [4.78, 5) is 7.63. The van der Waals surface area contributed by atoms with Crippen LogP contribution in [0.15, 0.2) is 72.7 Å². The molecular formula is C25H24ClN5. The smallest absolute Gasteiger partial charge is 0.137 e. The monoisotopic (exact) mass is 429 g/mol. The molecule has 0 spiro atoms. The van der Waals surface area contributed by atoms with Crippen molar-refractivity contribution in [1.82, 2.24) is 15.3 Å². The lowest BCUT2D eigenvalue weighted by Gasteiger charge is -2.22. The number of allylic oxidation sites excluding steroid dienone is 1. The molecule has 6 heteroatoms. The fourth-order valence-electron chi connectivity index (χ4n) is 4.30. The van der Waals surface area contributed by atoms with Gasteiger partial charge >= 0.3 is 0 Å². The van der Waals surface area contributed by atoms with Gasteiger partial charge in [0.25, 0.3) is 0 Å². The molecule has 2 aromatic carbocycles. The second-order valence-corrected chi connectivity index (χ2v) is 8.31. The van der Waals surface area contributed by atoms with Gasteiger partial charge in [0, 0.05) is 46.3 Å². The number of benzene rings is 2. The van der Waals surface area contributed by atoms with Gasteiger partial charge in [-0.15, -0.1) is 0 Å². The molecule has 5 N–H and O–H groups in total. The van der Waals surface area contributed by atoms with Crippen molar-refractivity contribution in [2.45, 2.75) is 19.4 Å². The molecule has 0 aliphatic carbocycles. The lowest BCUT2D eigenvalue weighted by atomic mass is 9.92. The van der Waals surface area contributed by atoms with E-state index in [0.717, 1.165) is 62.8 Å². The van der Waals surface area contributed by atoms with Crippen molar-refractivity contribution < 1.29 is 0 Å². The Balaban J connectivity index is 1.64. The highest BCUT2D eigenvalue weighted by molar-refractivity contribution is 6.30. The molecule has 156 valence electrons. The van der Waals surface area contributed by atoms with E-state index >= 15 is 0 Å². The van der Waals surface area contributed by atoms with Crippen molar-refractivity contribution in [2.24, 2.45) is 5.73 Å². The fourth-order valence-corrected chi connectivity index (χ4v) is 4.43. The van der Waals surface area contributed by atoms with E-state index in [1.165, 1.54) is 5.56 Å². The molecule has 0 saturated heterocycles. The maximum absolute atomic E-state index is 6.25. The molecule has 0 radical (unpaired) electrons. The van der Waals surface area contributed by atoms with Gasteiger partial charge in [0.2, 0.25) is 0 Å². The molecular weight excluding hydrogens is 406 g/mol. The molecule has 1 atom stereocenters. The molecule has 31 heavy (non-hydrogen) atoms. The predicted octanol–water partition coefficient (Wildman–Crippen LogP) is 5.68. The number of anilines is 1. The van der Waals surface area contributed by atoms with Crippen LogP contribution in [0.25, 0.3) is 27.9 Å². The quantitative estimate of drug-likeness (QED) is 0.338. The van der Waals surface area contributed by atoms with Crippen LogP contribution < -0.4 is 16.4 Å². The maximum Gasteiger partial charge on any atom is 0.137 e. The van der Waals surface area contributed by atoms with Crippen molar-refractivity contribution in [1.29, 1.82) is 0 Å². The van der Waals surface area contributed by atoms with Gasteiger partial charge in [-0.1, -0.05) is 23.7 Å². The van der Waals surface area contributed by atoms with Crippen LogP contribution in [0.3, 0.4) is 0 Å². The lowest BCUT2D eigenvalue weighted by Crippen LogP contribution is -2.16. The Morgan fingerprint density at radius 1 is 1.10 bits per heavy atom. The van der Waals surface area contributed by atoms with E-state index in [1.807, 2.05) is 43.6 Å². The Morgan fingerprint density at radius 3 is 2.74 bits per heavy atom. The zero-order valence-electron chi connectivity index (χ0n) is 17.2. The van der Waals surface area contributed by atoms with Crippen LogP contribution in [0.4, 0.5) is 5.69 Å². The molecule has 5 nitrogen and oxygen atoms in total. The summed E-state index contributed by atoms with van der Waals surface area (Å²) in [5.74, 6) is 0. The summed E-state index contributed by atoms with van der Waals surface area (Å²) in [6.07, 6.45) is 4.70. The molecule has 1 aliphatic heterocycles. The van der Waals surface area contributed by atoms with E-state index in [1.54, 1.807) is 0 Å². The normalized spacial score (nSPS) is 17.5. The first-order valence-electron chi connectivity index (χ1n) is 10.4. The van der Waals surface area contributed by atoms with E-state index < -0.39 is 0 Å². The van der Waals surface area contributed by atoms with Gasteiger partial charge in [-0.3, -0.25) is 0 Å². The molecule has 0 amide bonds. The summed E-state index contributed by atoms with van der Waals surface area (Å²) in [7, 11) is 0. The second kappa shape index (κ2) is 8.00. The zero-order chi connectivity index (χ0) is 21.4. The predicted molar refractivity (Wildman–Crippen MR) is 129 cm³/mol. The number of hydrogen-bond donors (Lipinski definition) is 4. The fraction of sp³-hybridized carbons (Fsp3) is 0.160. The van der Waals surface area contributed by atoms with E-state index in [4.69, 9.17) is 17.3 Å². The van der Waals surface area contributed by atoms with Crippen LogP contribution in [0.5, 0.6) is 0 Å². The second-order valence-electron chi connectivity index (χ2n) is 7.88. The summed E-state index contributed by atoms with van der Waals surface area (Å²) in [5.41, 5.74) is 14.6. The number of aromatic amines is 1. The standard InChI is InChI=1S/C25H24ClN5/c1-15(27)24-20-7-2-16(19-8-11-29-25-21(19)9-12-30-25)14-22(20)23(10-13-28-24)31-18-5-3-17(26)4-6-18/h2-9,11-12,14,23,28,31H,10,13,27H2,1H3,(H,29,30)/b24-15-. The summed E-state index contributed by atoms with van der Waals surface area (Å²) < 4.78 is 0. The third-order valence-corrected chi connectivity index (χ3v) is 6.03. The number of halogens is 1. The van der Waals surface area contributed by atoms with Crippen molar-refractivity contribution >= 4 is 34.0 Å². The maximum atomic E-state index is 6.25. The number of rotatable bonds is 3. The number of pyridine rings is 1. The molecule has 5 rings (SSSR count). The van der Waals surface area contributed by atoms with Crippen molar-refractivity contribution in [2.75, 3.05) is 11.9 Å². The Bertz CT molecular complexity index is 1270. The van der Waals surface area contributed by atoms with Gasteiger partial charge in [-0.25, -0.2) is 4.98 Å². The molecule has 1 aliphatic rings. The average Bonchev–Trinajstić information content (AvgIpc) is 3.18. The number of aromatic nitrogens is 2. The lowest BCUT2D eigenvalue weighted by molar-refractivity contribution is 0.683. The average molecular weight is 430 g/mol. The van der Waals surface area contributed by atoms with Gasteiger partial charge in [0.1, 0.15) is 5.65 Å². The third kappa shape index (κ3) is 3.73. The minimum Gasteiger partial charge on any atom is -0.401 e. The SMILES string of the molecule is C/C(N)=C1/NCCC(Nc2ccc(Cl)cc2)c2cc(-c3ccnc4[nH]ccc34)ccc21. The molecule has 2 aromatic heterocycles. The minimum atomic E-state index is 0.129. The van der Waals surface area contributed by atoms with E-state index in [-0.39, 0.29) is 6.04 Å². The van der Waals surface area contributed by atoms with Gasteiger partial charge in [-0.2, -0.15) is 0 Å². The van der Waals surface area contributed by atoms with Crippen molar-refractivity contribution in [3.8, 4) is 11.1 Å². The van der Waals surface area contributed by atoms with Crippen LogP contribution >= 0.6 is 11.6 Å². The largest absolute Gasteiger partial charge is 0.401 e. The zero-order valence-corrected chi connectivity index (χ0v) is 18.0. The molecule has 0 saturated carbocycles. The third-order valence-electron chi connectivity index (χ3n) is 5.78. The van der Waals surface area contributed by atoms with Crippen molar-refractivity contribution in [3.05, 3.63) is 88.8 Å². The first-order valence-corrected chi connectivity index (χ1v) is 10.8. The van der Waals surface area contributed by atoms with Gasteiger partial charge in [0.15, 0.2) is 0 Å². The topological polar surface area (TPSA) is 78.8 Å². The number of hydrogen-bond acceptors (Lipinski definition) is 4. The van der Waals surface area contributed by atoms with Gasteiger partial charge < -0.3 is 21.4 Å². The number of H-pyrrole nitrogens is 1. The number of nitrogens with two attached hydrogens (primary N) is 1. The number of nitrogens with one attached hydrogen (secondary N) is 3. The summed E-state index contributed by atoms with van der Waals surface area (Å²) in [6, 6.07) is 18.7. The Hall–Kier alpha value is -3.44.